The van der Waals surface area contributed by atoms with Gasteiger partial charge in [-0.25, -0.2) is 4.79 Å². The first-order valence-electron chi connectivity index (χ1n) is 6.48. The maximum Gasteiger partial charge on any atom is 0.337 e. The van der Waals surface area contributed by atoms with E-state index in [4.69, 9.17) is 9.84 Å². The topological polar surface area (TPSA) is 64.3 Å². The first-order chi connectivity index (χ1) is 10.2. The van der Waals surface area contributed by atoms with Crippen LogP contribution >= 0.6 is 0 Å². The molecule has 0 amide bonds. The van der Waals surface area contributed by atoms with Crippen LogP contribution in [0.1, 0.15) is 16.1 Å². The van der Waals surface area contributed by atoms with E-state index in [-0.39, 0.29) is 5.56 Å². The number of nitrogens with zero attached hydrogens (tertiary/aromatic N) is 2. The van der Waals surface area contributed by atoms with E-state index < -0.39 is 5.97 Å². The Labute approximate surface area is 121 Å². The van der Waals surface area contributed by atoms with Gasteiger partial charge in [-0.15, -0.1) is 0 Å². The van der Waals surface area contributed by atoms with Gasteiger partial charge in [0.25, 0.3) is 0 Å². The first-order valence-corrected chi connectivity index (χ1v) is 6.48. The molecule has 106 valence electrons. The summed E-state index contributed by atoms with van der Waals surface area (Å²) in [4.78, 5) is 15.0. The third kappa shape index (κ3) is 2.58. The van der Waals surface area contributed by atoms with Crippen molar-refractivity contribution in [2.24, 2.45) is 0 Å². The lowest BCUT2D eigenvalue weighted by molar-refractivity contribution is 0.0696. The molecule has 5 heteroatoms. The fourth-order valence-electron chi connectivity index (χ4n) is 2.26. The number of ether oxygens (including phenoxy) is 1. The Morgan fingerprint density at radius 3 is 2.81 bits per heavy atom. The molecule has 0 saturated heterocycles. The molecule has 0 saturated carbocycles. The summed E-state index contributed by atoms with van der Waals surface area (Å²) in [6, 6.07) is 11.2. The van der Waals surface area contributed by atoms with Crippen LogP contribution in [0.25, 0.3) is 10.9 Å². The SMILES string of the molecule is COc1ccc2c(ccn2Cc2ccc(C(=O)O)cn2)c1. The van der Waals surface area contributed by atoms with E-state index in [1.807, 2.05) is 30.5 Å². The van der Waals surface area contributed by atoms with Crippen LogP contribution < -0.4 is 4.74 Å². The number of rotatable bonds is 4. The summed E-state index contributed by atoms with van der Waals surface area (Å²) in [5.41, 5.74) is 2.09. The highest BCUT2D eigenvalue weighted by atomic mass is 16.5. The van der Waals surface area contributed by atoms with E-state index in [0.29, 0.717) is 6.54 Å². The molecule has 5 nitrogen and oxygen atoms in total. The summed E-state index contributed by atoms with van der Waals surface area (Å²) in [5, 5.41) is 9.96. The van der Waals surface area contributed by atoms with E-state index in [2.05, 4.69) is 9.55 Å². The third-order valence-electron chi connectivity index (χ3n) is 3.38. The number of carboxylic acids is 1. The van der Waals surface area contributed by atoms with Crippen molar-refractivity contribution in [3.8, 4) is 5.75 Å². The summed E-state index contributed by atoms with van der Waals surface area (Å²) < 4.78 is 7.28. The molecule has 0 aliphatic heterocycles. The van der Waals surface area contributed by atoms with Crippen LogP contribution in [0.15, 0.2) is 48.8 Å². The van der Waals surface area contributed by atoms with Gasteiger partial charge in [0.05, 0.1) is 24.9 Å². The average molecular weight is 282 g/mol. The van der Waals surface area contributed by atoms with Crippen LogP contribution in [-0.4, -0.2) is 27.7 Å². The molecule has 0 atom stereocenters. The summed E-state index contributed by atoms with van der Waals surface area (Å²) in [7, 11) is 1.64. The number of aromatic nitrogens is 2. The monoisotopic (exact) mass is 282 g/mol. The van der Waals surface area contributed by atoms with E-state index in [1.54, 1.807) is 19.2 Å². The van der Waals surface area contributed by atoms with E-state index in [1.165, 1.54) is 6.20 Å². The second-order valence-electron chi connectivity index (χ2n) is 4.71. The molecule has 3 aromatic rings. The lowest BCUT2D eigenvalue weighted by atomic mass is 10.2. The second kappa shape index (κ2) is 5.28. The van der Waals surface area contributed by atoms with Crippen LogP contribution in [0.5, 0.6) is 5.75 Å². The number of fused-ring (bicyclic) bond motifs is 1. The number of benzene rings is 1. The van der Waals surface area contributed by atoms with Gasteiger partial charge < -0.3 is 14.4 Å². The standard InChI is InChI=1S/C16H14N2O3/c1-21-14-4-5-15-11(8-14)6-7-18(15)10-13-3-2-12(9-17-13)16(19)20/h2-9H,10H2,1H3,(H,19,20). The summed E-state index contributed by atoms with van der Waals surface area (Å²) in [6.07, 6.45) is 3.36. The molecule has 0 unspecified atom stereocenters. The van der Waals surface area contributed by atoms with Crippen LogP contribution in [0.2, 0.25) is 0 Å². The number of hydrogen-bond donors (Lipinski definition) is 1. The minimum absolute atomic E-state index is 0.195. The maximum absolute atomic E-state index is 10.8. The molecule has 0 fully saturated rings. The third-order valence-corrected chi connectivity index (χ3v) is 3.38. The van der Waals surface area contributed by atoms with Gasteiger partial charge >= 0.3 is 5.97 Å². The molecule has 0 spiro atoms. The Morgan fingerprint density at radius 1 is 1.29 bits per heavy atom. The predicted octanol–water partition coefficient (Wildman–Crippen LogP) is 2.79. The highest BCUT2D eigenvalue weighted by Gasteiger charge is 2.06. The largest absolute Gasteiger partial charge is 0.497 e. The summed E-state index contributed by atoms with van der Waals surface area (Å²) in [6.45, 7) is 0.593. The Bertz CT molecular complexity index is 791. The van der Waals surface area contributed by atoms with Gasteiger partial charge in [0.2, 0.25) is 0 Å². The fraction of sp³-hybridized carbons (Fsp3) is 0.125. The van der Waals surface area contributed by atoms with Crippen molar-refractivity contribution in [2.45, 2.75) is 6.54 Å². The smallest absolute Gasteiger partial charge is 0.337 e. The minimum Gasteiger partial charge on any atom is -0.497 e. The molecule has 1 N–H and O–H groups in total. The number of pyridine rings is 1. The van der Waals surface area contributed by atoms with Crippen molar-refractivity contribution in [1.82, 2.24) is 9.55 Å². The van der Waals surface area contributed by atoms with Gasteiger partial charge in [-0.1, -0.05) is 0 Å². The van der Waals surface area contributed by atoms with Crippen LogP contribution in [0.3, 0.4) is 0 Å². The lowest BCUT2D eigenvalue weighted by Gasteiger charge is -2.06. The molecule has 2 heterocycles. The van der Waals surface area contributed by atoms with Crippen molar-refractivity contribution in [2.75, 3.05) is 7.11 Å². The molecule has 0 aliphatic rings. The minimum atomic E-state index is -0.965. The van der Waals surface area contributed by atoms with E-state index >= 15 is 0 Å². The van der Waals surface area contributed by atoms with E-state index in [9.17, 15) is 4.79 Å². The zero-order chi connectivity index (χ0) is 14.8. The van der Waals surface area contributed by atoms with Crippen LogP contribution in [0.4, 0.5) is 0 Å². The van der Waals surface area contributed by atoms with Crippen LogP contribution in [-0.2, 0) is 6.54 Å². The Morgan fingerprint density at radius 2 is 2.14 bits per heavy atom. The number of hydrogen-bond acceptors (Lipinski definition) is 3. The van der Waals surface area contributed by atoms with Gasteiger partial charge in [-0.3, -0.25) is 4.98 Å². The zero-order valence-corrected chi connectivity index (χ0v) is 11.5. The van der Waals surface area contributed by atoms with E-state index in [0.717, 1.165) is 22.3 Å². The number of aromatic carboxylic acids is 1. The lowest BCUT2D eigenvalue weighted by Crippen LogP contribution is -2.03. The zero-order valence-electron chi connectivity index (χ0n) is 11.5. The van der Waals surface area contributed by atoms with Crippen molar-refractivity contribution in [3.05, 3.63) is 60.0 Å². The van der Waals surface area contributed by atoms with Crippen molar-refractivity contribution < 1.29 is 14.6 Å². The molecule has 1 aromatic carbocycles. The molecule has 0 radical (unpaired) electrons. The summed E-state index contributed by atoms with van der Waals surface area (Å²) in [5.74, 6) is -0.142. The highest BCUT2D eigenvalue weighted by molar-refractivity contribution is 5.87. The molecular formula is C16H14N2O3. The maximum atomic E-state index is 10.8. The molecule has 21 heavy (non-hydrogen) atoms. The fourth-order valence-corrected chi connectivity index (χ4v) is 2.26. The Kier molecular flexibility index (Phi) is 3.31. The van der Waals surface area contributed by atoms with Gasteiger partial charge in [0.1, 0.15) is 5.75 Å². The quantitative estimate of drug-likeness (QED) is 0.799. The number of methoxy groups -OCH3 is 1. The second-order valence-corrected chi connectivity index (χ2v) is 4.71. The molecular weight excluding hydrogens is 268 g/mol. The average Bonchev–Trinajstić information content (AvgIpc) is 2.90. The van der Waals surface area contributed by atoms with Gasteiger partial charge in [-0.05, 0) is 36.4 Å². The number of carbonyl (C=O) groups is 1. The Balaban J connectivity index is 1.89. The predicted molar refractivity (Wildman–Crippen MR) is 78.8 cm³/mol. The summed E-state index contributed by atoms with van der Waals surface area (Å²) >= 11 is 0. The van der Waals surface area contributed by atoms with Gasteiger partial charge in [0, 0.05) is 23.3 Å². The van der Waals surface area contributed by atoms with Crippen molar-refractivity contribution in [1.29, 1.82) is 0 Å². The Hall–Kier alpha value is -2.82. The first kappa shape index (κ1) is 13.2. The molecule has 2 aromatic heterocycles. The molecule has 0 aliphatic carbocycles. The molecule has 3 rings (SSSR count). The van der Waals surface area contributed by atoms with Gasteiger partial charge in [-0.2, -0.15) is 0 Å². The van der Waals surface area contributed by atoms with Crippen molar-refractivity contribution >= 4 is 16.9 Å². The highest BCUT2D eigenvalue weighted by Crippen LogP contribution is 2.22. The van der Waals surface area contributed by atoms with Gasteiger partial charge in [0.15, 0.2) is 0 Å². The number of carboxylic acid groups (broad SMARTS) is 1. The van der Waals surface area contributed by atoms with Crippen LogP contribution in [0, 0.1) is 0 Å². The normalized spacial score (nSPS) is 10.7. The van der Waals surface area contributed by atoms with Crippen molar-refractivity contribution in [3.63, 3.8) is 0 Å². The molecule has 0 bridgehead atoms.